The number of rotatable bonds is 2. The molecule has 118 valence electrons. The predicted molar refractivity (Wildman–Crippen MR) is 70.3 cm³/mol. The van der Waals surface area contributed by atoms with Gasteiger partial charge < -0.3 is 10.2 Å². The Morgan fingerprint density at radius 3 is 2.43 bits per heavy atom. The van der Waals surface area contributed by atoms with Gasteiger partial charge in [-0.15, -0.1) is 0 Å². The zero-order valence-corrected chi connectivity index (χ0v) is 11.9. The third kappa shape index (κ3) is 3.98. The second kappa shape index (κ2) is 6.07. The number of piperidine rings is 1. The number of nitrogens with one attached hydrogen (secondary N) is 1. The minimum absolute atomic E-state index is 0.0909. The Morgan fingerprint density at radius 2 is 1.95 bits per heavy atom. The molecule has 2 aliphatic rings. The fourth-order valence-electron chi connectivity index (χ4n) is 2.74. The van der Waals surface area contributed by atoms with E-state index in [9.17, 15) is 22.8 Å². The smallest absolute Gasteiger partial charge is 0.352 e. The van der Waals surface area contributed by atoms with Crippen molar-refractivity contribution < 1.29 is 22.8 Å². The topological polar surface area (TPSA) is 49.4 Å². The number of nitrogens with zero attached hydrogens (tertiary/aromatic N) is 1. The Bertz CT molecular complexity index is 454. The SMILES string of the molecule is CC(=O)N[C@H]1CC[C@H](C(F)(F)F)N(C(=O)C=C2CCC2)C1. The standard InChI is InChI=1S/C14H19F3N2O2/c1-9(20)18-11-5-6-12(14(15,16)17)19(8-11)13(21)7-10-3-2-4-10/h7,11-12H,2-6,8H2,1H3,(H,18,20)/t11-,12+/m0/s1. The molecule has 7 heteroatoms. The highest BCUT2D eigenvalue weighted by atomic mass is 19.4. The Balaban J connectivity index is 2.12. The van der Waals surface area contributed by atoms with Crippen molar-refractivity contribution in [3.63, 3.8) is 0 Å². The summed E-state index contributed by atoms with van der Waals surface area (Å²) in [6.07, 6.45) is -0.506. The molecule has 0 spiro atoms. The Labute approximate surface area is 121 Å². The van der Waals surface area contributed by atoms with Gasteiger partial charge in [-0.25, -0.2) is 0 Å². The molecule has 2 fully saturated rings. The van der Waals surface area contributed by atoms with E-state index < -0.39 is 24.2 Å². The van der Waals surface area contributed by atoms with Crippen LogP contribution in [-0.4, -0.2) is 41.5 Å². The third-order valence-electron chi connectivity index (χ3n) is 3.97. The zero-order valence-electron chi connectivity index (χ0n) is 11.9. The average Bonchev–Trinajstić information content (AvgIpc) is 2.31. The molecule has 1 N–H and O–H groups in total. The number of hydrogen-bond donors (Lipinski definition) is 1. The predicted octanol–water partition coefficient (Wildman–Crippen LogP) is 2.15. The number of halogens is 3. The van der Waals surface area contributed by atoms with Crippen molar-refractivity contribution in [1.82, 2.24) is 10.2 Å². The highest BCUT2D eigenvalue weighted by Crippen LogP contribution is 2.33. The number of carbonyl (C=O) groups excluding carboxylic acids is 2. The van der Waals surface area contributed by atoms with Crippen LogP contribution in [0.4, 0.5) is 13.2 Å². The van der Waals surface area contributed by atoms with Crippen LogP contribution < -0.4 is 5.32 Å². The van der Waals surface area contributed by atoms with E-state index >= 15 is 0 Å². The first kappa shape index (κ1) is 15.9. The van der Waals surface area contributed by atoms with Gasteiger partial charge in [-0.05, 0) is 32.1 Å². The van der Waals surface area contributed by atoms with Crippen LogP contribution in [0.3, 0.4) is 0 Å². The lowest BCUT2D eigenvalue weighted by atomic mass is 9.91. The van der Waals surface area contributed by atoms with E-state index in [1.54, 1.807) is 0 Å². The quantitative estimate of drug-likeness (QED) is 0.795. The number of alkyl halides is 3. The molecule has 0 aromatic carbocycles. The lowest BCUT2D eigenvalue weighted by molar-refractivity contribution is -0.195. The van der Waals surface area contributed by atoms with Crippen molar-refractivity contribution in [2.45, 2.75) is 57.3 Å². The van der Waals surface area contributed by atoms with Gasteiger partial charge in [0.05, 0.1) is 0 Å². The molecular weight excluding hydrogens is 285 g/mol. The third-order valence-corrected chi connectivity index (χ3v) is 3.97. The molecule has 1 saturated carbocycles. The van der Waals surface area contributed by atoms with Gasteiger partial charge in [0.2, 0.25) is 11.8 Å². The highest BCUT2D eigenvalue weighted by molar-refractivity contribution is 5.89. The first-order valence-electron chi connectivity index (χ1n) is 7.11. The molecular formula is C14H19F3N2O2. The van der Waals surface area contributed by atoms with Crippen molar-refractivity contribution in [2.75, 3.05) is 6.54 Å². The lowest BCUT2D eigenvalue weighted by Crippen LogP contribution is -2.57. The molecule has 0 aromatic heterocycles. The molecule has 2 amide bonds. The molecule has 1 aliphatic carbocycles. The Morgan fingerprint density at radius 1 is 1.29 bits per heavy atom. The number of hydrogen-bond acceptors (Lipinski definition) is 2. The summed E-state index contributed by atoms with van der Waals surface area (Å²) in [7, 11) is 0. The molecule has 0 bridgehead atoms. The molecule has 0 radical (unpaired) electrons. The van der Waals surface area contributed by atoms with Crippen LogP contribution in [0.1, 0.15) is 39.0 Å². The van der Waals surface area contributed by atoms with Gasteiger partial charge in [-0.2, -0.15) is 13.2 Å². The van der Waals surface area contributed by atoms with Crippen LogP contribution in [0.15, 0.2) is 11.6 Å². The number of amides is 2. The maximum absolute atomic E-state index is 13.1. The van der Waals surface area contributed by atoms with Gasteiger partial charge in [0, 0.05) is 25.6 Å². The van der Waals surface area contributed by atoms with Gasteiger partial charge >= 0.3 is 6.18 Å². The monoisotopic (exact) mass is 304 g/mol. The summed E-state index contributed by atoms with van der Waals surface area (Å²) in [6.45, 7) is 1.23. The van der Waals surface area contributed by atoms with E-state index in [0.29, 0.717) is 0 Å². The molecule has 1 aliphatic heterocycles. The Kier molecular flexibility index (Phi) is 4.58. The summed E-state index contributed by atoms with van der Waals surface area (Å²) in [5.74, 6) is -0.891. The van der Waals surface area contributed by atoms with Crippen LogP contribution in [-0.2, 0) is 9.59 Å². The summed E-state index contributed by atoms with van der Waals surface area (Å²) in [4.78, 5) is 24.0. The van der Waals surface area contributed by atoms with Crippen LogP contribution in [0.25, 0.3) is 0 Å². The van der Waals surface area contributed by atoms with Crippen LogP contribution in [0.2, 0.25) is 0 Å². The maximum atomic E-state index is 13.1. The minimum atomic E-state index is -4.44. The van der Waals surface area contributed by atoms with Crippen LogP contribution >= 0.6 is 0 Å². The second-order valence-corrected chi connectivity index (χ2v) is 5.68. The van der Waals surface area contributed by atoms with Crippen molar-refractivity contribution in [1.29, 1.82) is 0 Å². The number of carbonyl (C=O) groups is 2. The summed E-state index contributed by atoms with van der Waals surface area (Å²) >= 11 is 0. The molecule has 2 rings (SSSR count). The summed E-state index contributed by atoms with van der Waals surface area (Å²) < 4.78 is 39.2. The van der Waals surface area contributed by atoms with E-state index in [-0.39, 0.29) is 25.3 Å². The maximum Gasteiger partial charge on any atom is 0.408 e. The van der Waals surface area contributed by atoms with Crippen molar-refractivity contribution in [2.24, 2.45) is 0 Å². The minimum Gasteiger partial charge on any atom is -0.352 e. The Hall–Kier alpha value is -1.53. The van der Waals surface area contributed by atoms with E-state index in [2.05, 4.69) is 5.32 Å². The van der Waals surface area contributed by atoms with Crippen molar-refractivity contribution in [3.8, 4) is 0 Å². The average molecular weight is 304 g/mol. The number of likely N-dealkylation sites (tertiary alicyclic amines) is 1. The molecule has 4 nitrogen and oxygen atoms in total. The summed E-state index contributed by atoms with van der Waals surface area (Å²) in [6, 6.07) is -2.17. The normalized spacial score (nSPS) is 26.1. The summed E-state index contributed by atoms with van der Waals surface area (Å²) in [5.41, 5.74) is 0.905. The first-order chi connectivity index (χ1) is 9.77. The van der Waals surface area contributed by atoms with Gasteiger partial charge in [-0.3, -0.25) is 9.59 Å². The molecule has 21 heavy (non-hydrogen) atoms. The van der Waals surface area contributed by atoms with Crippen LogP contribution in [0, 0.1) is 0 Å². The van der Waals surface area contributed by atoms with Gasteiger partial charge in [0.25, 0.3) is 0 Å². The van der Waals surface area contributed by atoms with E-state index in [1.807, 2.05) is 0 Å². The van der Waals surface area contributed by atoms with E-state index in [0.717, 1.165) is 29.7 Å². The van der Waals surface area contributed by atoms with Gasteiger partial charge in [0.1, 0.15) is 6.04 Å². The van der Waals surface area contributed by atoms with Crippen molar-refractivity contribution in [3.05, 3.63) is 11.6 Å². The molecule has 2 atom stereocenters. The molecule has 0 aromatic rings. The van der Waals surface area contributed by atoms with Crippen LogP contribution in [0.5, 0.6) is 0 Å². The molecule has 1 saturated heterocycles. The lowest BCUT2D eigenvalue weighted by Gasteiger charge is -2.40. The first-order valence-corrected chi connectivity index (χ1v) is 7.11. The largest absolute Gasteiger partial charge is 0.408 e. The summed E-state index contributed by atoms with van der Waals surface area (Å²) in [5, 5.41) is 2.60. The molecule has 1 heterocycles. The number of allylic oxidation sites excluding steroid dienone is 1. The van der Waals surface area contributed by atoms with Gasteiger partial charge in [-0.1, -0.05) is 5.57 Å². The van der Waals surface area contributed by atoms with E-state index in [1.165, 1.54) is 13.0 Å². The molecule has 0 unspecified atom stereocenters. The zero-order chi connectivity index (χ0) is 15.6. The fourth-order valence-corrected chi connectivity index (χ4v) is 2.74. The second-order valence-electron chi connectivity index (χ2n) is 5.68. The van der Waals surface area contributed by atoms with Gasteiger partial charge in [0.15, 0.2) is 0 Å². The highest BCUT2D eigenvalue weighted by Gasteiger charge is 2.47. The van der Waals surface area contributed by atoms with Crippen molar-refractivity contribution >= 4 is 11.8 Å². The fraction of sp³-hybridized carbons (Fsp3) is 0.714. The van der Waals surface area contributed by atoms with E-state index in [4.69, 9.17) is 0 Å².